The van der Waals surface area contributed by atoms with Crippen molar-refractivity contribution in [1.29, 1.82) is 0 Å². The molecule has 0 aliphatic carbocycles. The standard InChI is InChI=1S/C21H23ClN4O3S2/c1-4-18(20(27)23-17-12-15(22)11-10-14(17)2)30-21-25-24-19(26(21)3)13-31(28,29)16-8-6-5-7-9-16/h5-12,18H,4,13H2,1-3H3,(H,23,27). The Kier molecular flexibility index (Phi) is 7.40. The Morgan fingerprint density at radius 2 is 1.90 bits per heavy atom. The van der Waals surface area contributed by atoms with Gasteiger partial charge in [0.2, 0.25) is 5.91 Å². The monoisotopic (exact) mass is 478 g/mol. The van der Waals surface area contributed by atoms with Gasteiger partial charge in [0, 0.05) is 17.8 Å². The van der Waals surface area contributed by atoms with E-state index in [2.05, 4.69) is 15.5 Å². The molecular weight excluding hydrogens is 456 g/mol. The number of sulfone groups is 1. The second kappa shape index (κ2) is 9.84. The van der Waals surface area contributed by atoms with Crippen LogP contribution in [0.2, 0.25) is 5.02 Å². The van der Waals surface area contributed by atoms with Gasteiger partial charge in [0.1, 0.15) is 11.6 Å². The van der Waals surface area contributed by atoms with Crippen molar-refractivity contribution in [1.82, 2.24) is 14.8 Å². The van der Waals surface area contributed by atoms with Crippen LogP contribution in [0.15, 0.2) is 58.6 Å². The van der Waals surface area contributed by atoms with Gasteiger partial charge in [0.25, 0.3) is 0 Å². The van der Waals surface area contributed by atoms with E-state index in [1.54, 1.807) is 54.1 Å². The molecule has 1 atom stereocenters. The fraction of sp³-hybridized carbons (Fsp3) is 0.286. The number of aryl methyl sites for hydroxylation is 1. The summed E-state index contributed by atoms with van der Waals surface area (Å²) >= 11 is 7.28. The molecule has 10 heteroatoms. The quantitative estimate of drug-likeness (QED) is 0.486. The number of halogens is 1. The number of carbonyl (C=O) groups is 1. The molecule has 0 radical (unpaired) electrons. The van der Waals surface area contributed by atoms with Crippen molar-refractivity contribution < 1.29 is 13.2 Å². The van der Waals surface area contributed by atoms with Gasteiger partial charge in [0.05, 0.1) is 10.1 Å². The van der Waals surface area contributed by atoms with Gasteiger partial charge in [-0.2, -0.15) is 0 Å². The Balaban J connectivity index is 1.74. The van der Waals surface area contributed by atoms with Crippen LogP contribution in [0.1, 0.15) is 24.7 Å². The van der Waals surface area contributed by atoms with Gasteiger partial charge >= 0.3 is 0 Å². The molecule has 3 aromatic rings. The molecule has 1 unspecified atom stereocenters. The smallest absolute Gasteiger partial charge is 0.237 e. The van der Waals surface area contributed by atoms with Gasteiger partial charge in [0.15, 0.2) is 15.0 Å². The molecule has 0 aliphatic rings. The van der Waals surface area contributed by atoms with Crippen molar-refractivity contribution in [3.8, 4) is 0 Å². The molecule has 164 valence electrons. The summed E-state index contributed by atoms with van der Waals surface area (Å²) in [6.07, 6.45) is 0.556. The molecule has 0 fully saturated rings. The van der Waals surface area contributed by atoms with E-state index < -0.39 is 15.1 Å². The van der Waals surface area contributed by atoms with E-state index in [-0.39, 0.29) is 16.6 Å². The highest BCUT2D eigenvalue weighted by Gasteiger charge is 2.24. The number of nitrogens with zero attached hydrogens (tertiary/aromatic N) is 3. The van der Waals surface area contributed by atoms with Gasteiger partial charge < -0.3 is 9.88 Å². The van der Waals surface area contributed by atoms with Crippen molar-refractivity contribution in [3.05, 3.63) is 64.9 Å². The predicted molar refractivity (Wildman–Crippen MR) is 123 cm³/mol. The summed E-state index contributed by atoms with van der Waals surface area (Å²) in [7, 11) is -1.85. The van der Waals surface area contributed by atoms with Crippen LogP contribution in [0.4, 0.5) is 5.69 Å². The molecule has 3 rings (SSSR count). The zero-order valence-electron chi connectivity index (χ0n) is 17.4. The highest BCUT2D eigenvalue weighted by molar-refractivity contribution is 8.00. The zero-order chi connectivity index (χ0) is 22.6. The molecule has 1 N–H and O–H groups in total. The first kappa shape index (κ1) is 23.3. The van der Waals surface area contributed by atoms with Gasteiger partial charge in [-0.25, -0.2) is 8.42 Å². The highest BCUT2D eigenvalue weighted by atomic mass is 35.5. The minimum absolute atomic E-state index is 0.181. The molecule has 0 saturated heterocycles. The maximum absolute atomic E-state index is 12.8. The van der Waals surface area contributed by atoms with Crippen LogP contribution >= 0.6 is 23.4 Å². The lowest BCUT2D eigenvalue weighted by molar-refractivity contribution is -0.115. The second-order valence-electron chi connectivity index (χ2n) is 6.99. The minimum Gasteiger partial charge on any atom is -0.325 e. The van der Waals surface area contributed by atoms with Gasteiger partial charge in [-0.05, 0) is 43.2 Å². The number of nitrogens with one attached hydrogen (secondary N) is 1. The van der Waals surface area contributed by atoms with Crippen LogP contribution in [0.25, 0.3) is 0 Å². The van der Waals surface area contributed by atoms with Crippen LogP contribution in [0.3, 0.4) is 0 Å². The first-order valence-corrected chi connectivity index (χ1v) is 12.5. The van der Waals surface area contributed by atoms with Crippen LogP contribution in [0.5, 0.6) is 0 Å². The van der Waals surface area contributed by atoms with Crippen LogP contribution in [-0.4, -0.2) is 34.3 Å². The SMILES string of the molecule is CCC(Sc1nnc(CS(=O)(=O)c2ccccc2)n1C)C(=O)Nc1cc(Cl)ccc1C. The first-order chi connectivity index (χ1) is 14.7. The van der Waals surface area contributed by atoms with Crippen molar-refractivity contribution in [2.24, 2.45) is 7.05 Å². The Morgan fingerprint density at radius 1 is 1.19 bits per heavy atom. The number of hydrogen-bond donors (Lipinski definition) is 1. The predicted octanol–water partition coefficient (Wildman–Crippen LogP) is 4.26. The normalized spacial score (nSPS) is 12.5. The van der Waals surface area contributed by atoms with Gasteiger partial charge in [-0.15, -0.1) is 10.2 Å². The molecule has 7 nitrogen and oxygen atoms in total. The van der Waals surface area contributed by atoms with E-state index in [1.165, 1.54) is 11.8 Å². The molecule has 0 saturated carbocycles. The molecule has 1 heterocycles. The Hall–Kier alpha value is -2.36. The number of rotatable bonds is 8. The summed E-state index contributed by atoms with van der Waals surface area (Å²) in [4.78, 5) is 13.0. The number of aromatic nitrogens is 3. The maximum Gasteiger partial charge on any atom is 0.237 e. The molecular formula is C21H23ClN4O3S2. The van der Waals surface area contributed by atoms with Crippen molar-refractivity contribution >= 4 is 44.8 Å². The summed E-state index contributed by atoms with van der Waals surface area (Å²) in [6.45, 7) is 3.79. The van der Waals surface area contributed by atoms with E-state index in [0.717, 1.165) is 5.56 Å². The first-order valence-electron chi connectivity index (χ1n) is 9.61. The van der Waals surface area contributed by atoms with E-state index in [1.807, 2.05) is 19.9 Å². The summed E-state index contributed by atoms with van der Waals surface area (Å²) in [5, 5.41) is 11.7. The number of carbonyl (C=O) groups excluding carboxylic acids is 1. The summed E-state index contributed by atoms with van der Waals surface area (Å²) in [5.74, 6) is -0.141. The molecule has 0 bridgehead atoms. The lowest BCUT2D eigenvalue weighted by Crippen LogP contribution is -2.25. The fourth-order valence-electron chi connectivity index (χ4n) is 2.85. The molecule has 0 aliphatic heterocycles. The Labute approximate surface area is 191 Å². The van der Waals surface area contributed by atoms with Gasteiger partial charge in [-0.1, -0.05) is 54.6 Å². The third-order valence-electron chi connectivity index (χ3n) is 4.71. The summed E-state index contributed by atoms with van der Waals surface area (Å²) in [5.41, 5.74) is 1.56. The Morgan fingerprint density at radius 3 is 2.58 bits per heavy atom. The van der Waals surface area contributed by atoms with Crippen LogP contribution in [-0.2, 0) is 27.4 Å². The molecule has 1 aromatic heterocycles. The number of benzene rings is 2. The minimum atomic E-state index is -3.55. The fourth-order valence-corrected chi connectivity index (χ4v) is 5.29. The topological polar surface area (TPSA) is 93.9 Å². The summed E-state index contributed by atoms with van der Waals surface area (Å²) < 4.78 is 26.9. The third kappa shape index (κ3) is 5.66. The van der Waals surface area contributed by atoms with Crippen molar-refractivity contribution in [3.63, 3.8) is 0 Å². The number of hydrogen-bond acceptors (Lipinski definition) is 6. The second-order valence-corrected chi connectivity index (χ2v) is 10.6. The van der Waals surface area contributed by atoms with E-state index in [4.69, 9.17) is 11.6 Å². The van der Waals surface area contributed by atoms with Gasteiger partial charge in [-0.3, -0.25) is 4.79 Å². The lowest BCUT2D eigenvalue weighted by Gasteiger charge is -2.15. The van der Waals surface area contributed by atoms with Crippen molar-refractivity contribution in [2.75, 3.05) is 5.32 Å². The average Bonchev–Trinajstić information content (AvgIpc) is 3.08. The van der Waals surface area contributed by atoms with E-state index in [0.29, 0.717) is 28.1 Å². The average molecular weight is 479 g/mol. The Bertz CT molecular complexity index is 1180. The molecule has 0 spiro atoms. The lowest BCUT2D eigenvalue weighted by atomic mass is 10.2. The maximum atomic E-state index is 12.8. The van der Waals surface area contributed by atoms with Crippen LogP contribution < -0.4 is 5.32 Å². The number of anilines is 1. The van der Waals surface area contributed by atoms with E-state index >= 15 is 0 Å². The largest absolute Gasteiger partial charge is 0.325 e. The third-order valence-corrected chi connectivity index (χ3v) is 7.98. The van der Waals surface area contributed by atoms with Crippen LogP contribution in [0, 0.1) is 6.92 Å². The highest BCUT2D eigenvalue weighted by Crippen LogP contribution is 2.27. The molecule has 2 aromatic carbocycles. The van der Waals surface area contributed by atoms with Crippen molar-refractivity contribution in [2.45, 2.75) is 41.3 Å². The molecule has 31 heavy (non-hydrogen) atoms. The molecule has 1 amide bonds. The summed E-state index contributed by atoms with van der Waals surface area (Å²) in [6, 6.07) is 13.5. The number of amides is 1. The van der Waals surface area contributed by atoms with E-state index in [9.17, 15) is 13.2 Å². The zero-order valence-corrected chi connectivity index (χ0v) is 19.8. The number of thioether (sulfide) groups is 1.